The summed E-state index contributed by atoms with van der Waals surface area (Å²) < 4.78 is 0. The number of nitrogens with zero attached hydrogens (tertiary/aromatic N) is 3. The monoisotopic (exact) mass is 326 g/mol. The molecule has 2 aromatic rings. The number of aryl methyl sites for hydroxylation is 1. The Morgan fingerprint density at radius 1 is 1.38 bits per heavy atom. The van der Waals surface area contributed by atoms with Crippen molar-refractivity contribution in [2.24, 2.45) is 0 Å². The molecule has 0 aromatic carbocycles. The van der Waals surface area contributed by atoms with Gasteiger partial charge in [0.25, 0.3) is 11.6 Å². The van der Waals surface area contributed by atoms with E-state index >= 15 is 0 Å². The number of nitrogens with one attached hydrogen (secondary N) is 1. The molecule has 0 saturated carbocycles. The zero-order valence-corrected chi connectivity index (χ0v) is 12.1. The molecular formula is C12H8Cl2N4O3. The minimum atomic E-state index is -0.719. The van der Waals surface area contributed by atoms with E-state index in [9.17, 15) is 14.9 Å². The molecule has 0 unspecified atom stereocenters. The van der Waals surface area contributed by atoms with Gasteiger partial charge in [-0.05, 0) is 24.6 Å². The van der Waals surface area contributed by atoms with Gasteiger partial charge in [0, 0.05) is 6.20 Å². The number of rotatable bonds is 3. The largest absolute Gasteiger partial charge is 0.319 e. The summed E-state index contributed by atoms with van der Waals surface area (Å²) in [4.78, 5) is 29.9. The molecule has 0 aliphatic rings. The first-order chi connectivity index (χ1) is 9.90. The number of aromatic nitrogens is 2. The van der Waals surface area contributed by atoms with Crippen LogP contribution in [0.15, 0.2) is 24.5 Å². The van der Waals surface area contributed by atoms with Crippen LogP contribution in [0.25, 0.3) is 0 Å². The molecule has 0 spiro atoms. The first-order valence-electron chi connectivity index (χ1n) is 5.62. The maximum Gasteiger partial charge on any atom is 0.300 e. The van der Waals surface area contributed by atoms with Crippen molar-refractivity contribution in [3.63, 3.8) is 0 Å². The van der Waals surface area contributed by atoms with Crippen LogP contribution in [-0.2, 0) is 0 Å². The summed E-state index contributed by atoms with van der Waals surface area (Å²) in [6, 6.07) is 2.77. The van der Waals surface area contributed by atoms with Crippen molar-refractivity contribution in [1.82, 2.24) is 9.97 Å². The molecule has 2 heterocycles. The van der Waals surface area contributed by atoms with Crippen LogP contribution in [0.5, 0.6) is 0 Å². The molecule has 0 aliphatic carbocycles. The van der Waals surface area contributed by atoms with Gasteiger partial charge >= 0.3 is 0 Å². The highest BCUT2D eigenvalue weighted by atomic mass is 35.5. The van der Waals surface area contributed by atoms with E-state index < -0.39 is 16.5 Å². The molecule has 9 heteroatoms. The fraction of sp³-hybridized carbons (Fsp3) is 0.0833. The average Bonchev–Trinajstić information content (AvgIpc) is 2.42. The Morgan fingerprint density at radius 3 is 2.71 bits per heavy atom. The lowest BCUT2D eigenvalue weighted by Gasteiger charge is -2.09. The summed E-state index contributed by atoms with van der Waals surface area (Å²) >= 11 is 11.6. The molecule has 2 rings (SSSR count). The van der Waals surface area contributed by atoms with E-state index in [1.165, 1.54) is 6.20 Å². The highest BCUT2D eigenvalue weighted by Crippen LogP contribution is 2.26. The third kappa shape index (κ3) is 3.26. The summed E-state index contributed by atoms with van der Waals surface area (Å²) in [6.07, 6.45) is 2.41. The number of hydrogen-bond acceptors (Lipinski definition) is 5. The van der Waals surface area contributed by atoms with Crippen LogP contribution in [0.1, 0.15) is 15.9 Å². The number of carbonyl (C=O) groups is 1. The van der Waals surface area contributed by atoms with Gasteiger partial charge in [-0.1, -0.05) is 23.2 Å². The summed E-state index contributed by atoms with van der Waals surface area (Å²) in [6.45, 7) is 1.72. The van der Waals surface area contributed by atoms with Crippen LogP contribution in [0, 0.1) is 17.0 Å². The van der Waals surface area contributed by atoms with Crippen molar-refractivity contribution in [2.45, 2.75) is 6.92 Å². The molecule has 0 saturated heterocycles. The molecule has 1 N–H and O–H groups in total. The number of amides is 1. The average molecular weight is 327 g/mol. The lowest BCUT2D eigenvalue weighted by atomic mass is 10.2. The van der Waals surface area contributed by atoms with Crippen molar-refractivity contribution in [2.75, 3.05) is 5.32 Å². The van der Waals surface area contributed by atoms with Crippen LogP contribution in [0.4, 0.5) is 11.4 Å². The number of halogens is 2. The quantitative estimate of drug-likeness (QED) is 0.530. The number of pyridine rings is 2. The fourth-order valence-electron chi connectivity index (χ4n) is 1.61. The van der Waals surface area contributed by atoms with Crippen LogP contribution in [0.2, 0.25) is 10.3 Å². The van der Waals surface area contributed by atoms with E-state index in [0.717, 1.165) is 12.3 Å². The zero-order valence-electron chi connectivity index (χ0n) is 10.6. The van der Waals surface area contributed by atoms with Crippen LogP contribution >= 0.6 is 23.2 Å². The Bertz CT molecular complexity index is 716. The first-order valence-corrected chi connectivity index (χ1v) is 6.38. The highest BCUT2D eigenvalue weighted by Gasteiger charge is 2.22. The molecule has 7 nitrogen and oxygen atoms in total. The fourth-order valence-corrected chi connectivity index (χ4v) is 2.02. The van der Waals surface area contributed by atoms with Gasteiger partial charge < -0.3 is 5.32 Å². The minimum absolute atomic E-state index is 0.0280. The maximum atomic E-state index is 12.2. The second-order valence-corrected chi connectivity index (χ2v) is 4.77. The molecule has 0 aliphatic heterocycles. The van der Waals surface area contributed by atoms with Crippen molar-refractivity contribution in [3.05, 3.63) is 56.1 Å². The van der Waals surface area contributed by atoms with Crippen LogP contribution in [0.3, 0.4) is 0 Å². The molecule has 0 atom stereocenters. The molecule has 1 amide bonds. The van der Waals surface area contributed by atoms with E-state index in [2.05, 4.69) is 15.3 Å². The molecule has 2 aromatic heterocycles. The zero-order chi connectivity index (χ0) is 15.6. The van der Waals surface area contributed by atoms with Gasteiger partial charge in [0.1, 0.15) is 16.9 Å². The predicted octanol–water partition coefficient (Wildman–Crippen LogP) is 3.25. The molecule has 108 valence electrons. The molecule has 0 fully saturated rings. The first kappa shape index (κ1) is 15.1. The van der Waals surface area contributed by atoms with Crippen molar-refractivity contribution >= 4 is 40.5 Å². The molecule has 0 radical (unpaired) electrons. The van der Waals surface area contributed by atoms with E-state index in [0.29, 0.717) is 5.56 Å². The van der Waals surface area contributed by atoms with Gasteiger partial charge in [-0.15, -0.1) is 0 Å². The van der Waals surface area contributed by atoms with Crippen molar-refractivity contribution in [1.29, 1.82) is 0 Å². The second kappa shape index (κ2) is 6.02. The lowest BCUT2D eigenvalue weighted by Crippen LogP contribution is -2.15. The van der Waals surface area contributed by atoms with Crippen LogP contribution < -0.4 is 5.32 Å². The third-order valence-electron chi connectivity index (χ3n) is 2.64. The van der Waals surface area contributed by atoms with Crippen LogP contribution in [-0.4, -0.2) is 20.8 Å². The van der Waals surface area contributed by atoms with Gasteiger partial charge in [0.2, 0.25) is 0 Å². The number of anilines is 1. The predicted molar refractivity (Wildman–Crippen MR) is 77.8 cm³/mol. The van der Waals surface area contributed by atoms with Crippen molar-refractivity contribution in [3.8, 4) is 0 Å². The topological polar surface area (TPSA) is 98.0 Å². The maximum absolute atomic E-state index is 12.2. The Balaban J connectivity index is 2.41. The summed E-state index contributed by atoms with van der Waals surface area (Å²) in [5.74, 6) is -0.719. The normalized spacial score (nSPS) is 10.2. The molecule has 0 bridgehead atoms. The van der Waals surface area contributed by atoms with Gasteiger partial charge in [0.05, 0.1) is 10.6 Å². The summed E-state index contributed by atoms with van der Waals surface area (Å²) in [5, 5.41) is 13.5. The van der Waals surface area contributed by atoms with Gasteiger partial charge in [-0.25, -0.2) is 9.97 Å². The van der Waals surface area contributed by atoms with E-state index in [1.54, 1.807) is 13.0 Å². The van der Waals surface area contributed by atoms with E-state index in [-0.39, 0.29) is 21.6 Å². The third-order valence-corrected chi connectivity index (χ3v) is 3.14. The highest BCUT2D eigenvalue weighted by molar-refractivity contribution is 6.33. The Labute approximate surface area is 129 Å². The van der Waals surface area contributed by atoms with Crippen molar-refractivity contribution < 1.29 is 9.72 Å². The smallest absolute Gasteiger partial charge is 0.300 e. The Morgan fingerprint density at radius 2 is 2.10 bits per heavy atom. The molecular weight excluding hydrogens is 319 g/mol. The Kier molecular flexibility index (Phi) is 4.35. The second-order valence-electron chi connectivity index (χ2n) is 4.03. The lowest BCUT2D eigenvalue weighted by molar-refractivity contribution is -0.385. The van der Waals surface area contributed by atoms with Gasteiger partial charge in [-0.3, -0.25) is 14.9 Å². The molecule has 21 heavy (non-hydrogen) atoms. The van der Waals surface area contributed by atoms with Gasteiger partial charge in [-0.2, -0.15) is 0 Å². The SMILES string of the molecule is Cc1ccnc(Cl)c1NC(=O)c1cc(Cl)ncc1[N+](=O)[O-]. The summed E-state index contributed by atoms with van der Waals surface area (Å²) in [7, 11) is 0. The number of nitro groups is 1. The standard InChI is InChI=1S/C12H8Cl2N4O3/c1-6-2-3-15-11(14)10(6)17-12(19)7-4-9(13)16-5-8(7)18(20)21/h2-5H,1H3,(H,17,19). The number of hydrogen-bond donors (Lipinski definition) is 1. The summed E-state index contributed by atoms with van der Waals surface area (Å²) in [5.41, 5.74) is 0.298. The van der Waals surface area contributed by atoms with E-state index in [4.69, 9.17) is 23.2 Å². The minimum Gasteiger partial charge on any atom is -0.319 e. The number of carbonyl (C=O) groups excluding carboxylic acids is 1. The van der Waals surface area contributed by atoms with E-state index in [1.807, 2.05) is 0 Å². The van der Waals surface area contributed by atoms with Gasteiger partial charge in [0.15, 0.2) is 5.15 Å². The Hall–Kier alpha value is -2.25.